The Labute approximate surface area is 283 Å². The highest BCUT2D eigenvalue weighted by Crippen LogP contribution is 2.34. The summed E-state index contributed by atoms with van der Waals surface area (Å²) in [5.74, 6) is 0.309. The van der Waals surface area contributed by atoms with Gasteiger partial charge >= 0.3 is 5.97 Å². The number of aryl methyl sites for hydroxylation is 1. The van der Waals surface area contributed by atoms with Crippen LogP contribution in [0.4, 0.5) is 0 Å². The van der Waals surface area contributed by atoms with Crippen molar-refractivity contribution in [3.8, 4) is 11.5 Å². The highest BCUT2D eigenvalue weighted by molar-refractivity contribution is 14.1. The van der Waals surface area contributed by atoms with Gasteiger partial charge in [-0.2, -0.15) is 5.10 Å². The molecule has 0 fully saturated rings. The summed E-state index contributed by atoms with van der Waals surface area (Å²) in [4.78, 5) is 25.3. The van der Waals surface area contributed by atoms with Gasteiger partial charge in [0.15, 0.2) is 11.7 Å². The molecule has 0 aliphatic carbocycles. The lowest BCUT2D eigenvalue weighted by Gasteiger charge is -2.30. The van der Waals surface area contributed by atoms with E-state index in [2.05, 4.69) is 85.4 Å². The predicted octanol–water partition coefficient (Wildman–Crippen LogP) is 5.67. The Bertz CT molecular complexity index is 1570. The molecular weight excluding hydrogens is 794 g/mol. The first kappa shape index (κ1) is 32.7. The monoisotopic (exact) mass is 824 g/mol. The van der Waals surface area contributed by atoms with Crippen LogP contribution in [-0.4, -0.2) is 36.4 Å². The number of hydrogen-bond donors (Lipinski definition) is 3. The lowest BCUT2D eigenvalue weighted by molar-refractivity contribution is -0.139. The number of para-hydroxylation sites is 1. The second-order valence-corrected chi connectivity index (χ2v) is 12.2. The molecule has 0 aromatic heterocycles. The number of hydrazone groups is 1. The van der Waals surface area contributed by atoms with E-state index in [1.807, 2.05) is 30.3 Å². The molecule has 1 amide bonds. The van der Waals surface area contributed by atoms with Crippen molar-refractivity contribution >= 4 is 80.6 Å². The van der Waals surface area contributed by atoms with Crippen LogP contribution in [0.15, 0.2) is 77.0 Å². The first-order valence-electron chi connectivity index (χ1n) is 13.3. The number of ether oxygens (including phenoxy) is 3. The third-order valence-corrected chi connectivity index (χ3v) is 8.06. The fourth-order valence-electron chi connectivity index (χ4n) is 4.36. The molecule has 0 unspecified atom stereocenters. The van der Waals surface area contributed by atoms with Crippen LogP contribution in [0.25, 0.3) is 0 Å². The number of thiocarbonyl (C=S) groups is 1. The Balaban J connectivity index is 1.38. The molecule has 12 heteroatoms. The van der Waals surface area contributed by atoms with E-state index in [1.165, 1.54) is 5.56 Å². The molecule has 1 aliphatic rings. The van der Waals surface area contributed by atoms with Crippen molar-refractivity contribution in [1.29, 1.82) is 0 Å². The average molecular weight is 824 g/mol. The zero-order valence-electron chi connectivity index (χ0n) is 23.7. The molecule has 1 atom stereocenters. The second kappa shape index (κ2) is 15.5. The van der Waals surface area contributed by atoms with Crippen LogP contribution in [0.1, 0.15) is 42.1 Å². The Hall–Kier alpha value is -3.24. The van der Waals surface area contributed by atoms with Gasteiger partial charge in [0.1, 0.15) is 18.1 Å². The molecule has 9 nitrogen and oxygen atoms in total. The third kappa shape index (κ3) is 8.89. The van der Waals surface area contributed by atoms with Gasteiger partial charge in [-0.3, -0.25) is 4.79 Å². The minimum absolute atomic E-state index is 0.232. The van der Waals surface area contributed by atoms with Gasteiger partial charge in [0.05, 0.1) is 31.6 Å². The maximum atomic E-state index is 12.7. The van der Waals surface area contributed by atoms with Gasteiger partial charge < -0.3 is 24.8 Å². The highest BCUT2D eigenvalue weighted by atomic mass is 127. The standard InChI is InChI=1S/C31H30I2N4O5S/c1-4-40-30(39)27-19(3)35-31(43)36-28(27)22-10-5-6-11-25(22)41-17-26(38)37-34-15-21-13-23(32)29(24(33)14-21)42-16-20-9-7-8-18(2)12-20/h5-15,28H,4,16-17H2,1-3H3,(H,37,38)(H2,35,36,43)/t28-/m0/s1. The number of benzene rings is 3. The molecule has 4 rings (SSSR count). The maximum absolute atomic E-state index is 12.7. The number of nitrogens with one attached hydrogen (secondary N) is 3. The van der Waals surface area contributed by atoms with Crippen molar-refractivity contribution in [2.45, 2.75) is 33.4 Å². The van der Waals surface area contributed by atoms with Gasteiger partial charge in [0.2, 0.25) is 0 Å². The molecule has 3 aromatic carbocycles. The van der Waals surface area contributed by atoms with Gasteiger partial charge in [-0.1, -0.05) is 48.0 Å². The summed E-state index contributed by atoms with van der Waals surface area (Å²) in [6.45, 7) is 5.97. The van der Waals surface area contributed by atoms with E-state index in [0.29, 0.717) is 34.3 Å². The quantitative estimate of drug-likeness (QED) is 0.0748. The van der Waals surface area contributed by atoms with Crippen LogP contribution in [0.5, 0.6) is 11.5 Å². The first-order chi connectivity index (χ1) is 20.7. The summed E-state index contributed by atoms with van der Waals surface area (Å²) < 4.78 is 19.1. The van der Waals surface area contributed by atoms with Crippen LogP contribution in [0, 0.1) is 14.1 Å². The molecule has 3 aromatic rings. The number of carbonyl (C=O) groups excluding carboxylic acids is 2. The number of hydrogen-bond acceptors (Lipinski definition) is 7. The summed E-state index contributed by atoms with van der Waals surface area (Å²) in [6, 6.07) is 18.6. The third-order valence-electron chi connectivity index (χ3n) is 6.24. The van der Waals surface area contributed by atoms with Gasteiger partial charge in [-0.25, -0.2) is 10.2 Å². The van der Waals surface area contributed by atoms with Crippen molar-refractivity contribution in [2.75, 3.05) is 13.2 Å². The van der Waals surface area contributed by atoms with Crippen molar-refractivity contribution in [3.63, 3.8) is 0 Å². The number of nitrogens with zero attached hydrogens (tertiary/aromatic N) is 1. The van der Waals surface area contributed by atoms with Gasteiger partial charge in [0.25, 0.3) is 5.91 Å². The fraction of sp³-hybridized carbons (Fsp3) is 0.226. The zero-order chi connectivity index (χ0) is 30.9. The molecular formula is C31H30I2N4O5S. The Morgan fingerprint density at radius 3 is 2.51 bits per heavy atom. The van der Waals surface area contributed by atoms with Crippen LogP contribution >= 0.6 is 57.4 Å². The molecule has 0 bridgehead atoms. The fourth-order valence-corrected chi connectivity index (χ4v) is 6.76. The van der Waals surface area contributed by atoms with E-state index in [-0.39, 0.29) is 13.2 Å². The smallest absolute Gasteiger partial charge is 0.338 e. The van der Waals surface area contributed by atoms with Crippen LogP contribution < -0.4 is 25.5 Å². The molecule has 1 aliphatic heterocycles. The lowest BCUT2D eigenvalue weighted by Crippen LogP contribution is -2.45. The maximum Gasteiger partial charge on any atom is 0.338 e. The molecule has 0 radical (unpaired) electrons. The molecule has 224 valence electrons. The first-order valence-corrected chi connectivity index (χ1v) is 15.9. The lowest BCUT2D eigenvalue weighted by atomic mass is 9.95. The van der Waals surface area contributed by atoms with Crippen LogP contribution in [0.2, 0.25) is 0 Å². The van der Waals surface area contributed by atoms with Crippen LogP contribution in [-0.2, 0) is 20.9 Å². The molecule has 0 saturated carbocycles. The highest BCUT2D eigenvalue weighted by Gasteiger charge is 2.32. The van der Waals surface area contributed by atoms with Crippen LogP contribution in [0.3, 0.4) is 0 Å². The van der Waals surface area contributed by atoms with E-state index in [1.54, 1.807) is 38.3 Å². The summed E-state index contributed by atoms with van der Waals surface area (Å²) in [5, 5.41) is 10.5. The van der Waals surface area contributed by atoms with Crippen molar-refractivity contribution < 1.29 is 23.8 Å². The number of halogens is 2. The van der Waals surface area contributed by atoms with Crippen molar-refractivity contribution in [3.05, 3.63) is 101 Å². The molecule has 3 N–H and O–H groups in total. The largest absolute Gasteiger partial charge is 0.487 e. The average Bonchev–Trinajstić information content (AvgIpc) is 2.95. The Kier molecular flexibility index (Phi) is 11.8. The summed E-state index contributed by atoms with van der Waals surface area (Å²) in [7, 11) is 0. The number of carbonyl (C=O) groups is 2. The normalized spacial score (nSPS) is 14.6. The van der Waals surface area contributed by atoms with E-state index >= 15 is 0 Å². The van der Waals surface area contributed by atoms with Gasteiger partial charge in [0, 0.05) is 11.3 Å². The molecule has 1 heterocycles. The van der Waals surface area contributed by atoms with Crippen molar-refractivity contribution in [2.24, 2.45) is 5.10 Å². The second-order valence-electron chi connectivity index (χ2n) is 9.50. The number of amides is 1. The Morgan fingerprint density at radius 1 is 1.05 bits per heavy atom. The van der Waals surface area contributed by atoms with Gasteiger partial charge in [-0.05, 0) is 107 Å². The molecule has 0 saturated heterocycles. The molecule has 43 heavy (non-hydrogen) atoms. The van der Waals surface area contributed by atoms with Gasteiger partial charge in [-0.15, -0.1) is 0 Å². The summed E-state index contributed by atoms with van der Waals surface area (Å²) >= 11 is 9.79. The van der Waals surface area contributed by atoms with E-state index in [9.17, 15) is 9.59 Å². The number of allylic oxidation sites excluding steroid dienone is 1. The minimum Gasteiger partial charge on any atom is -0.487 e. The number of rotatable bonds is 11. The zero-order valence-corrected chi connectivity index (χ0v) is 28.8. The summed E-state index contributed by atoms with van der Waals surface area (Å²) in [6.07, 6.45) is 1.57. The predicted molar refractivity (Wildman–Crippen MR) is 186 cm³/mol. The van der Waals surface area contributed by atoms with E-state index in [4.69, 9.17) is 26.4 Å². The summed E-state index contributed by atoms with van der Waals surface area (Å²) in [5.41, 5.74) is 7.21. The van der Waals surface area contributed by atoms with E-state index < -0.39 is 17.9 Å². The topological polar surface area (TPSA) is 110 Å². The Morgan fingerprint density at radius 2 is 1.79 bits per heavy atom. The van der Waals surface area contributed by atoms with Crippen molar-refractivity contribution in [1.82, 2.24) is 16.1 Å². The minimum atomic E-state index is -0.612. The molecule has 0 spiro atoms. The van der Waals surface area contributed by atoms with E-state index in [0.717, 1.165) is 24.0 Å². The number of esters is 1. The SMILES string of the molecule is CCOC(=O)C1=C(C)NC(=S)N[C@H]1c1ccccc1OCC(=O)NN=Cc1cc(I)c(OCc2cccc(C)c2)c(I)c1.